The van der Waals surface area contributed by atoms with Crippen molar-refractivity contribution in [2.45, 2.75) is 32.9 Å². The summed E-state index contributed by atoms with van der Waals surface area (Å²) in [6.07, 6.45) is 3.71. The summed E-state index contributed by atoms with van der Waals surface area (Å²) in [6.45, 7) is 3.89. The van der Waals surface area contributed by atoms with Crippen molar-refractivity contribution in [1.82, 2.24) is 10.2 Å². The molecule has 2 heterocycles. The summed E-state index contributed by atoms with van der Waals surface area (Å²) in [4.78, 5) is 38.9. The van der Waals surface area contributed by atoms with Gasteiger partial charge in [-0.05, 0) is 48.4 Å². The van der Waals surface area contributed by atoms with Crippen molar-refractivity contribution in [2.75, 3.05) is 0 Å². The number of amides is 4. The number of carbonyl (C=O) groups is 3. The average Bonchev–Trinajstić information content (AvgIpc) is 3.28. The second kappa shape index (κ2) is 8.47. The number of nitrogens with one attached hydrogen (secondary N) is 1. The number of furan rings is 1. The Morgan fingerprint density at radius 2 is 1.90 bits per heavy atom. The molecule has 7 heteroatoms. The van der Waals surface area contributed by atoms with Crippen LogP contribution in [0.1, 0.15) is 31.6 Å². The number of imide groups is 2. The number of hydrogen-bond acceptors (Lipinski definition) is 5. The van der Waals surface area contributed by atoms with Gasteiger partial charge in [0.05, 0.1) is 18.9 Å². The first-order valence-corrected chi connectivity index (χ1v) is 10.1. The van der Waals surface area contributed by atoms with E-state index in [0.717, 1.165) is 22.1 Å². The van der Waals surface area contributed by atoms with Crippen LogP contribution in [0.25, 0.3) is 16.8 Å². The maximum Gasteiger partial charge on any atom is 0.331 e. The van der Waals surface area contributed by atoms with Crippen molar-refractivity contribution >= 4 is 34.7 Å². The Labute approximate surface area is 179 Å². The molecular weight excluding hydrogens is 396 g/mol. The molecule has 1 atom stereocenters. The van der Waals surface area contributed by atoms with Crippen LogP contribution in [0, 0.1) is 0 Å². The molecular formula is C24H22N2O5. The lowest BCUT2D eigenvalue weighted by atomic mass is 9.99. The van der Waals surface area contributed by atoms with Crippen molar-refractivity contribution in [1.29, 1.82) is 0 Å². The Balaban J connectivity index is 1.80. The lowest BCUT2D eigenvalue weighted by molar-refractivity contribution is -0.130. The smallest absolute Gasteiger partial charge is 0.331 e. The Bertz CT molecular complexity index is 1180. The molecule has 1 saturated heterocycles. The van der Waals surface area contributed by atoms with E-state index in [0.29, 0.717) is 17.1 Å². The summed E-state index contributed by atoms with van der Waals surface area (Å²) in [5, 5.41) is 4.02. The zero-order valence-corrected chi connectivity index (χ0v) is 17.3. The minimum Gasteiger partial charge on any atom is -0.490 e. The van der Waals surface area contributed by atoms with Gasteiger partial charge in [0.15, 0.2) is 0 Å². The van der Waals surface area contributed by atoms with Crippen molar-refractivity contribution < 1.29 is 23.5 Å². The largest absolute Gasteiger partial charge is 0.490 e. The highest BCUT2D eigenvalue weighted by atomic mass is 16.5. The molecule has 0 bridgehead atoms. The van der Waals surface area contributed by atoms with Gasteiger partial charge in [0.25, 0.3) is 11.8 Å². The summed E-state index contributed by atoms with van der Waals surface area (Å²) in [6, 6.07) is 14.0. The predicted molar refractivity (Wildman–Crippen MR) is 115 cm³/mol. The first kappa shape index (κ1) is 20.4. The quantitative estimate of drug-likeness (QED) is 0.477. The van der Waals surface area contributed by atoms with E-state index < -0.39 is 17.8 Å². The molecule has 0 radical (unpaired) electrons. The molecule has 158 valence electrons. The highest BCUT2D eigenvalue weighted by Gasteiger charge is 2.36. The van der Waals surface area contributed by atoms with E-state index in [1.54, 1.807) is 12.1 Å². The summed E-state index contributed by atoms with van der Waals surface area (Å²) in [5.41, 5.74) is 0.473. The standard InChI is InChI=1S/C24H22N2O5/c1-3-15(2)31-21-11-10-16-7-4-5-9-18(16)19(21)13-20-22(27)25-24(29)26(23(20)28)14-17-8-6-12-30-17/h4-13,15H,3,14H2,1-2H3,(H,25,27,29)/b20-13+/t15-/m0/s1. The summed E-state index contributed by atoms with van der Waals surface area (Å²) >= 11 is 0. The number of fused-ring (bicyclic) bond motifs is 1. The Morgan fingerprint density at radius 3 is 2.65 bits per heavy atom. The fourth-order valence-corrected chi connectivity index (χ4v) is 3.37. The number of ether oxygens (including phenoxy) is 1. The van der Waals surface area contributed by atoms with E-state index in [4.69, 9.17) is 9.15 Å². The predicted octanol–water partition coefficient (Wildman–Crippen LogP) is 4.27. The zero-order valence-electron chi connectivity index (χ0n) is 17.3. The highest BCUT2D eigenvalue weighted by molar-refractivity contribution is 6.31. The van der Waals surface area contributed by atoms with E-state index in [1.807, 2.05) is 50.2 Å². The highest BCUT2D eigenvalue weighted by Crippen LogP contribution is 2.32. The van der Waals surface area contributed by atoms with Gasteiger partial charge < -0.3 is 9.15 Å². The molecule has 0 aliphatic carbocycles. The molecule has 4 amide bonds. The average molecular weight is 418 g/mol. The van der Waals surface area contributed by atoms with Gasteiger partial charge in [-0.25, -0.2) is 4.79 Å². The third kappa shape index (κ3) is 4.07. The summed E-state index contributed by atoms with van der Waals surface area (Å²) < 4.78 is 11.3. The van der Waals surface area contributed by atoms with Crippen molar-refractivity contribution in [3.63, 3.8) is 0 Å². The van der Waals surface area contributed by atoms with Gasteiger partial charge in [0, 0.05) is 5.56 Å². The lowest BCUT2D eigenvalue weighted by Gasteiger charge is -2.26. The van der Waals surface area contributed by atoms with Gasteiger partial charge in [-0.3, -0.25) is 19.8 Å². The second-order valence-corrected chi connectivity index (χ2v) is 7.32. The molecule has 0 spiro atoms. The Morgan fingerprint density at radius 1 is 1.10 bits per heavy atom. The van der Waals surface area contributed by atoms with Crippen LogP contribution in [-0.4, -0.2) is 28.8 Å². The number of benzene rings is 2. The van der Waals surface area contributed by atoms with E-state index >= 15 is 0 Å². The maximum atomic E-state index is 13.1. The van der Waals surface area contributed by atoms with Crippen LogP contribution in [0.5, 0.6) is 5.75 Å². The third-order valence-corrected chi connectivity index (χ3v) is 5.20. The zero-order chi connectivity index (χ0) is 22.0. The maximum absolute atomic E-state index is 13.1. The molecule has 7 nitrogen and oxygen atoms in total. The van der Waals surface area contributed by atoms with Crippen LogP contribution in [0.15, 0.2) is 64.8 Å². The number of hydrogen-bond donors (Lipinski definition) is 1. The van der Waals surface area contributed by atoms with Crippen molar-refractivity contribution in [2.24, 2.45) is 0 Å². The Kier molecular flexibility index (Phi) is 5.58. The number of carbonyl (C=O) groups excluding carboxylic acids is 3. The molecule has 3 aromatic rings. The van der Waals surface area contributed by atoms with Crippen molar-refractivity contribution in [3.05, 3.63) is 71.7 Å². The summed E-state index contributed by atoms with van der Waals surface area (Å²) in [7, 11) is 0. The molecule has 0 unspecified atom stereocenters. The molecule has 31 heavy (non-hydrogen) atoms. The van der Waals surface area contributed by atoms with Gasteiger partial charge in [-0.1, -0.05) is 37.3 Å². The van der Waals surface area contributed by atoms with E-state index in [2.05, 4.69) is 5.32 Å². The number of nitrogens with zero attached hydrogens (tertiary/aromatic N) is 1. The summed E-state index contributed by atoms with van der Waals surface area (Å²) in [5.74, 6) is -0.431. The minimum absolute atomic E-state index is 0.0498. The van der Waals surface area contributed by atoms with Crippen LogP contribution in [0.3, 0.4) is 0 Å². The molecule has 1 aromatic heterocycles. The lowest BCUT2D eigenvalue weighted by Crippen LogP contribution is -2.53. The first-order valence-electron chi connectivity index (χ1n) is 10.1. The van der Waals surface area contributed by atoms with Crippen LogP contribution >= 0.6 is 0 Å². The molecule has 1 fully saturated rings. The molecule has 1 N–H and O–H groups in total. The van der Waals surface area contributed by atoms with Crippen molar-refractivity contribution in [3.8, 4) is 5.75 Å². The number of rotatable bonds is 6. The molecule has 4 rings (SSSR count). The molecule has 1 aliphatic heterocycles. The van der Waals surface area contributed by atoms with Crippen LogP contribution < -0.4 is 10.1 Å². The van der Waals surface area contributed by atoms with Crippen LogP contribution in [0.4, 0.5) is 4.79 Å². The van der Waals surface area contributed by atoms with Gasteiger partial charge in [0.2, 0.25) is 0 Å². The molecule has 1 aliphatic rings. The normalized spacial score (nSPS) is 16.6. The van der Waals surface area contributed by atoms with Gasteiger partial charge >= 0.3 is 6.03 Å². The topological polar surface area (TPSA) is 88.8 Å². The fourth-order valence-electron chi connectivity index (χ4n) is 3.37. The van der Waals surface area contributed by atoms with Gasteiger partial charge in [-0.15, -0.1) is 0 Å². The number of urea groups is 1. The monoisotopic (exact) mass is 418 g/mol. The fraction of sp³-hybridized carbons (Fsp3) is 0.208. The molecule has 2 aromatic carbocycles. The van der Waals surface area contributed by atoms with E-state index in [-0.39, 0.29) is 18.2 Å². The first-order chi connectivity index (χ1) is 15.0. The second-order valence-electron chi connectivity index (χ2n) is 7.32. The third-order valence-electron chi connectivity index (χ3n) is 5.20. The van der Waals surface area contributed by atoms with E-state index in [9.17, 15) is 14.4 Å². The molecule has 0 saturated carbocycles. The number of barbiturate groups is 1. The van der Waals surface area contributed by atoms with Crippen LogP contribution in [0.2, 0.25) is 0 Å². The van der Waals surface area contributed by atoms with Gasteiger partial charge in [0.1, 0.15) is 17.1 Å². The SMILES string of the molecule is CC[C@H](C)Oc1ccc2ccccc2c1/C=C1\C(=O)NC(=O)N(Cc2ccco2)C1=O. The van der Waals surface area contributed by atoms with Gasteiger partial charge in [-0.2, -0.15) is 0 Å². The van der Waals surface area contributed by atoms with Crippen LogP contribution in [-0.2, 0) is 16.1 Å². The minimum atomic E-state index is -0.780. The Hall–Kier alpha value is -3.87. The van der Waals surface area contributed by atoms with E-state index in [1.165, 1.54) is 12.3 Å².